The molecule has 32 heavy (non-hydrogen) atoms. The smallest absolute Gasteiger partial charge is 0.318 e. The van der Waals surface area contributed by atoms with E-state index in [0.29, 0.717) is 30.4 Å². The van der Waals surface area contributed by atoms with Gasteiger partial charge in [0.05, 0.1) is 12.3 Å². The average Bonchev–Trinajstić information content (AvgIpc) is 3.22. The van der Waals surface area contributed by atoms with Crippen molar-refractivity contribution in [1.29, 1.82) is 0 Å². The van der Waals surface area contributed by atoms with Crippen LogP contribution in [-0.4, -0.2) is 52.4 Å². The number of rotatable bonds is 11. The van der Waals surface area contributed by atoms with Crippen molar-refractivity contribution >= 4 is 29.3 Å². The number of hydrogen-bond acceptors (Lipinski definition) is 7. The Hall–Kier alpha value is -3.11. The number of aryl methyl sites for hydroxylation is 1. The summed E-state index contributed by atoms with van der Waals surface area (Å²) in [6, 6.07) is 9.14. The van der Waals surface area contributed by atoms with Crippen molar-refractivity contribution in [2.75, 3.05) is 37.4 Å². The van der Waals surface area contributed by atoms with E-state index in [2.05, 4.69) is 32.8 Å². The predicted octanol–water partition coefficient (Wildman–Crippen LogP) is 3.76. The van der Waals surface area contributed by atoms with E-state index in [-0.39, 0.29) is 6.03 Å². The van der Waals surface area contributed by atoms with Gasteiger partial charge in [0.25, 0.3) is 0 Å². The van der Waals surface area contributed by atoms with Crippen LogP contribution >= 0.6 is 11.8 Å². The molecule has 2 heterocycles. The first-order valence-electron chi connectivity index (χ1n) is 10.5. The highest BCUT2D eigenvalue weighted by Crippen LogP contribution is 2.24. The number of benzene rings is 1. The lowest BCUT2D eigenvalue weighted by atomic mass is 10.2. The van der Waals surface area contributed by atoms with Gasteiger partial charge in [0.2, 0.25) is 0 Å². The second kappa shape index (κ2) is 12.1. The summed E-state index contributed by atoms with van der Waals surface area (Å²) in [5, 5.41) is 9.54. The molecule has 0 atom stereocenters. The molecule has 170 valence electrons. The van der Waals surface area contributed by atoms with E-state index < -0.39 is 0 Å². The molecule has 9 nitrogen and oxygen atoms in total. The molecule has 0 saturated heterocycles. The SMILES string of the molecule is CCCOCCNc1cc(CSc2nccn2C)nc(-c2ccc(NC(=O)NC)cc2)n1. The summed E-state index contributed by atoms with van der Waals surface area (Å²) >= 11 is 1.62. The predicted molar refractivity (Wildman–Crippen MR) is 128 cm³/mol. The summed E-state index contributed by atoms with van der Waals surface area (Å²) in [6.45, 7) is 4.12. The zero-order valence-electron chi connectivity index (χ0n) is 18.6. The van der Waals surface area contributed by atoms with Gasteiger partial charge in [-0.15, -0.1) is 0 Å². The Morgan fingerprint density at radius 1 is 1.19 bits per heavy atom. The van der Waals surface area contributed by atoms with Gasteiger partial charge < -0.3 is 25.3 Å². The molecule has 0 aliphatic heterocycles. The standard InChI is InChI=1S/C22H29N7O2S/c1-4-12-31-13-10-24-19-14-18(15-32-22-25-9-11-29(22)3)26-20(28-19)16-5-7-17(8-6-16)27-21(30)23-2/h5-9,11,14H,4,10,12-13,15H2,1-3H3,(H2,23,27,30)(H,24,26,28). The fourth-order valence-electron chi connectivity index (χ4n) is 2.81. The Morgan fingerprint density at radius 3 is 2.69 bits per heavy atom. The van der Waals surface area contributed by atoms with Crippen molar-refractivity contribution in [3.8, 4) is 11.4 Å². The van der Waals surface area contributed by atoms with Crippen LogP contribution in [0.5, 0.6) is 0 Å². The molecule has 0 bridgehead atoms. The summed E-state index contributed by atoms with van der Waals surface area (Å²) in [7, 11) is 3.55. The van der Waals surface area contributed by atoms with Gasteiger partial charge in [-0.2, -0.15) is 0 Å². The number of carbonyl (C=O) groups excluding carboxylic acids is 1. The van der Waals surface area contributed by atoms with Crippen LogP contribution in [0.4, 0.5) is 16.3 Å². The number of hydrogen-bond donors (Lipinski definition) is 3. The molecule has 3 aromatic rings. The monoisotopic (exact) mass is 455 g/mol. The fraction of sp³-hybridized carbons (Fsp3) is 0.364. The topological polar surface area (TPSA) is 106 Å². The van der Waals surface area contributed by atoms with Crippen LogP contribution in [-0.2, 0) is 17.5 Å². The van der Waals surface area contributed by atoms with Crippen molar-refractivity contribution < 1.29 is 9.53 Å². The van der Waals surface area contributed by atoms with Gasteiger partial charge in [-0.3, -0.25) is 0 Å². The number of nitrogens with one attached hydrogen (secondary N) is 3. The molecule has 0 saturated carbocycles. The van der Waals surface area contributed by atoms with Crippen LogP contribution in [0.1, 0.15) is 19.0 Å². The number of imidazole rings is 1. The molecule has 10 heteroatoms. The summed E-state index contributed by atoms with van der Waals surface area (Å²) in [6.07, 6.45) is 4.70. The molecule has 0 aliphatic carbocycles. The van der Waals surface area contributed by atoms with E-state index in [1.54, 1.807) is 25.0 Å². The van der Waals surface area contributed by atoms with Gasteiger partial charge in [0.1, 0.15) is 5.82 Å². The summed E-state index contributed by atoms with van der Waals surface area (Å²) < 4.78 is 7.53. The Labute approximate surface area is 192 Å². The van der Waals surface area contributed by atoms with Gasteiger partial charge in [-0.25, -0.2) is 19.7 Å². The number of anilines is 2. The van der Waals surface area contributed by atoms with E-state index in [1.807, 2.05) is 48.1 Å². The molecule has 0 aliphatic rings. The second-order valence-corrected chi connectivity index (χ2v) is 7.94. The van der Waals surface area contributed by atoms with E-state index in [9.17, 15) is 4.79 Å². The molecule has 0 fully saturated rings. The first-order valence-corrected chi connectivity index (χ1v) is 11.5. The number of aromatic nitrogens is 4. The minimum atomic E-state index is -0.265. The van der Waals surface area contributed by atoms with E-state index in [0.717, 1.165) is 35.3 Å². The molecule has 0 spiro atoms. The van der Waals surface area contributed by atoms with Gasteiger partial charge in [0.15, 0.2) is 11.0 Å². The van der Waals surface area contributed by atoms with Gasteiger partial charge in [0, 0.05) is 62.7 Å². The van der Waals surface area contributed by atoms with Crippen LogP contribution in [0, 0.1) is 0 Å². The van der Waals surface area contributed by atoms with E-state index >= 15 is 0 Å². The maximum absolute atomic E-state index is 11.5. The third-order valence-electron chi connectivity index (χ3n) is 4.43. The van der Waals surface area contributed by atoms with Crippen molar-refractivity contribution in [3.05, 3.63) is 48.4 Å². The van der Waals surface area contributed by atoms with Crippen LogP contribution < -0.4 is 16.0 Å². The highest BCUT2D eigenvalue weighted by molar-refractivity contribution is 7.98. The van der Waals surface area contributed by atoms with Crippen LogP contribution in [0.15, 0.2) is 47.9 Å². The normalized spacial score (nSPS) is 10.7. The van der Waals surface area contributed by atoms with Gasteiger partial charge in [-0.1, -0.05) is 18.7 Å². The average molecular weight is 456 g/mol. The minimum Gasteiger partial charge on any atom is -0.380 e. The molecule has 3 N–H and O–H groups in total. The Morgan fingerprint density at radius 2 is 2.00 bits per heavy atom. The number of ether oxygens (including phenoxy) is 1. The van der Waals surface area contributed by atoms with Crippen LogP contribution in [0.25, 0.3) is 11.4 Å². The van der Waals surface area contributed by atoms with Crippen LogP contribution in [0.2, 0.25) is 0 Å². The van der Waals surface area contributed by atoms with Crippen molar-refractivity contribution in [2.24, 2.45) is 7.05 Å². The molecule has 0 radical (unpaired) electrons. The lowest BCUT2D eigenvalue weighted by Gasteiger charge is -2.11. The second-order valence-electron chi connectivity index (χ2n) is 7.00. The largest absolute Gasteiger partial charge is 0.380 e. The zero-order valence-corrected chi connectivity index (χ0v) is 19.4. The number of amides is 2. The molecular weight excluding hydrogens is 426 g/mol. The summed E-state index contributed by atoms with van der Waals surface area (Å²) in [4.78, 5) is 25.3. The lowest BCUT2D eigenvalue weighted by Crippen LogP contribution is -2.24. The number of thioether (sulfide) groups is 1. The molecule has 0 unspecified atom stereocenters. The highest BCUT2D eigenvalue weighted by Gasteiger charge is 2.10. The maximum atomic E-state index is 11.5. The van der Waals surface area contributed by atoms with Crippen molar-refractivity contribution in [2.45, 2.75) is 24.3 Å². The van der Waals surface area contributed by atoms with E-state index in [1.165, 1.54) is 0 Å². The highest BCUT2D eigenvalue weighted by atomic mass is 32.2. The first kappa shape index (κ1) is 23.6. The Kier molecular flexibility index (Phi) is 8.88. The quantitative estimate of drug-likeness (QED) is 0.299. The summed E-state index contributed by atoms with van der Waals surface area (Å²) in [5.74, 6) is 2.03. The lowest BCUT2D eigenvalue weighted by molar-refractivity contribution is 0.144. The molecular formula is C22H29N7O2S. The first-order chi connectivity index (χ1) is 15.6. The Bertz CT molecular complexity index is 1010. The van der Waals surface area contributed by atoms with Crippen molar-refractivity contribution in [1.82, 2.24) is 24.8 Å². The summed E-state index contributed by atoms with van der Waals surface area (Å²) in [5.41, 5.74) is 2.45. The number of nitrogens with zero attached hydrogens (tertiary/aromatic N) is 4. The third-order valence-corrected chi connectivity index (χ3v) is 5.53. The minimum absolute atomic E-state index is 0.265. The van der Waals surface area contributed by atoms with E-state index in [4.69, 9.17) is 9.72 Å². The van der Waals surface area contributed by atoms with Gasteiger partial charge >= 0.3 is 6.03 Å². The third kappa shape index (κ3) is 6.96. The molecule has 2 aromatic heterocycles. The van der Waals surface area contributed by atoms with Crippen molar-refractivity contribution in [3.63, 3.8) is 0 Å². The number of carbonyl (C=O) groups is 1. The Balaban J connectivity index is 1.77. The van der Waals surface area contributed by atoms with Crippen LogP contribution in [0.3, 0.4) is 0 Å². The molecule has 2 amide bonds. The maximum Gasteiger partial charge on any atom is 0.318 e. The fourth-order valence-corrected chi connectivity index (χ4v) is 3.64. The molecule has 3 rings (SSSR count). The van der Waals surface area contributed by atoms with Gasteiger partial charge in [-0.05, 0) is 30.7 Å². The molecule has 1 aromatic carbocycles. The number of urea groups is 1. The zero-order chi connectivity index (χ0) is 22.8.